The number of carbonyl (C=O) groups is 2. The Bertz CT molecular complexity index is 679. The fraction of sp³-hybridized carbons (Fsp3) is 0.250. The Morgan fingerprint density at radius 1 is 1.24 bits per heavy atom. The van der Waals surface area contributed by atoms with Crippen molar-refractivity contribution in [3.05, 3.63) is 51.7 Å². The molecule has 0 saturated heterocycles. The molecule has 3 rings (SSSR count). The second kappa shape index (κ2) is 5.69. The molecule has 1 aromatic heterocycles. The Kier molecular flexibility index (Phi) is 3.75. The zero-order chi connectivity index (χ0) is 14.8. The van der Waals surface area contributed by atoms with Crippen molar-refractivity contribution in [2.45, 2.75) is 19.3 Å². The van der Waals surface area contributed by atoms with Gasteiger partial charge in [-0.1, -0.05) is 12.1 Å². The first-order chi connectivity index (χ1) is 10.2. The molecule has 1 aliphatic rings. The summed E-state index contributed by atoms with van der Waals surface area (Å²) in [6.45, 7) is 0.653. The number of aromatic carboxylic acids is 1. The highest BCUT2D eigenvalue weighted by molar-refractivity contribution is 7.10. The average molecular weight is 301 g/mol. The van der Waals surface area contributed by atoms with Crippen LogP contribution in [0.15, 0.2) is 35.7 Å². The average Bonchev–Trinajstić information content (AvgIpc) is 2.98. The summed E-state index contributed by atoms with van der Waals surface area (Å²) < 4.78 is 0. The van der Waals surface area contributed by atoms with Crippen molar-refractivity contribution in [2.24, 2.45) is 0 Å². The number of nitrogens with zero attached hydrogens (tertiary/aromatic N) is 1. The van der Waals surface area contributed by atoms with Crippen LogP contribution in [-0.2, 0) is 17.6 Å². The summed E-state index contributed by atoms with van der Waals surface area (Å²) in [6, 6.07) is 9.03. The van der Waals surface area contributed by atoms with Crippen LogP contribution in [-0.4, -0.2) is 23.5 Å². The molecule has 1 N–H and O–H groups in total. The molecule has 0 bridgehead atoms. The summed E-state index contributed by atoms with van der Waals surface area (Å²) in [5, 5.41) is 11.2. The van der Waals surface area contributed by atoms with E-state index in [4.69, 9.17) is 0 Å². The van der Waals surface area contributed by atoms with Crippen LogP contribution in [0.2, 0.25) is 0 Å². The number of benzene rings is 1. The molecular formula is C16H15NO3S. The highest BCUT2D eigenvalue weighted by atomic mass is 32.1. The molecule has 1 amide bonds. The maximum Gasteiger partial charge on any atom is 0.336 e. The fourth-order valence-electron chi connectivity index (χ4n) is 2.74. The van der Waals surface area contributed by atoms with E-state index in [9.17, 15) is 14.7 Å². The van der Waals surface area contributed by atoms with Crippen LogP contribution < -0.4 is 4.90 Å². The zero-order valence-electron chi connectivity index (χ0n) is 11.4. The molecule has 0 aliphatic carbocycles. The summed E-state index contributed by atoms with van der Waals surface area (Å²) in [7, 11) is 0. The predicted molar refractivity (Wildman–Crippen MR) is 82.1 cm³/mol. The Balaban J connectivity index is 1.92. The van der Waals surface area contributed by atoms with Gasteiger partial charge in [0.05, 0.1) is 12.0 Å². The van der Waals surface area contributed by atoms with Gasteiger partial charge in [-0.05, 0) is 42.0 Å². The molecule has 21 heavy (non-hydrogen) atoms. The smallest absolute Gasteiger partial charge is 0.336 e. The molecule has 1 aliphatic heterocycles. The highest BCUT2D eigenvalue weighted by Crippen LogP contribution is 2.30. The van der Waals surface area contributed by atoms with Crippen LogP contribution in [0, 0.1) is 0 Å². The van der Waals surface area contributed by atoms with Gasteiger partial charge in [0.1, 0.15) is 0 Å². The standard InChI is InChI=1S/C16H15NO3S/c18-15(10-11-4-3-9-21-11)17-8-2-6-12-13(16(19)20)5-1-7-14(12)17/h1,3-5,7,9H,2,6,8,10H2,(H,19,20). The van der Waals surface area contributed by atoms with E-state index in [1.807, 2.05) is 23.6 Å². The molecule has 4 nitrogen and oxygen atoms in total. The van der Waals surface area contributed by atoms with Gasteiger partial charge >= 0.3 is 5.97 Å². The lowest BCUT2D eigenvalue weighted by atomic mass is 9.96. The van der Waals surface area contributed by atoms with Crippen LogP contribution in [0.5, 0.6) is 0 Å². The van der Waals surface area contributed by atoms with Crippen molar-refractivity contribution in [2.75, 3.05) is 11.4 Å². The van der Waals surface area contributed by atoms with E-state index in [0.717, 1.165) is 22.5 Å². The van der Waals surface area contributed by atoms with Crippen LogP contribution in [0.25, 0.3) is 0 Å². The Morgan fingerprint density at radius 2 is 2.10 bits per heavy atom. The molecule has 0 saturated carbocycles. The SMILES string of the molecule is O=C(O)c1cccc2c1CCCN2C(=O)Cc1cccs1. The lowest BCUT2D eigenvalue weighted by molar-refractivity contribution is -0.118. The molecule has 0 spiro atoms. The van der Waals surface area contributed by atoms with Gasteiger partial charge in [0.15, 0.2) is 0 Å². The minimum absolute atomic E-state index is 0.0286. The second-order valence-corrected chi connectivity index (χ2v) is 6.05. The van der Waals surface area contributed by atoms with Gasteiger partial charge in [-0.15, -0.1) is 11.3 Å². The van der Waals surface area contributed by atoms with Crippen molar-refractivity contribution in [3.8, 4) is 0 Å². The molecule has 1 aromatic carbocycles. The number of carboxylic acid groups (broad SMARTS) is 1. The number of hydrogen-bond donors (Lipinski definition) is 1. The van der Waals surface area contributed by atoms with Crippen LogP contribution in [0.4, 0.5) is 5.69 Å². The third-order valence-electron chi connectivity index (χ3n) is 3.69. The summed E-state index contributed by atoms with van der Waals surface area (Å²) >= 11 is 1.56. The van der Waals surface area contributed by atoms with E-state index in [1.165, 1.54) is 0 Å². The third kappa shape index (κ3) is 2.69. The van der Waals surface area contributed by atoms with Gasteiger partial charge in [-0.3, -0.25) is 4.79 Å². The van der Waals surface area contributed by atoms with Crippen LogP contribution in [0.1, 0.15) is 27.2 Å². The Hall–Kier alpha value is -2.14. The monoisotopic (exact) mass is 301 g/mol. The quantitative estimate of drug-likeness (QED) is 0.948. The molecule has 0 fully saturated rings. The first kappa shape index (κ1) is 13.8. The predicted octanol–water partition coefficient (Wildman–Crippen LogP) is 2.97. The number of carbonyl (C=O) groups excluding carboxylic acids is 1. The topological polar surface area (TPSA) is 57.6 Å². The molecule has 2 aromatic rings. The van der Waals surface area contributed by atoms with E-state index in [0.29, 0.717) is 24.9 Å². The van der Waals surface area contributed by atoms with E-state index >= 15 is 0 Å². The van der Waals surface area contributed by atoms with Crippen molar-refractivity contribution in [1.82, 2.24) is 0 Å². The van der Waals surface area contributed by atoms with Gasteiger partial charge in [0, 0.05) is 17.1 Å². The highest BCUT2D eigenvalue weighted by Gasteiger charge is 2.25. The number of carboxylic acids is 1. The van der Waals surface area contributed by atoms with Crippen LogP contribution >= 0.6 is 11.3 Å². The maximum absolute atomic E-state index is 12.5. The first-order valence-corrected chi connectivity index (χ1v) is 7.72. The Labute approximate surface area is 126 Å². The number of amides is 1. The largest absolute Gasteiger partial charge is 0.478 e. The minimum Gasteiger partial charge on any atom is -0.478 e. The van der Waals surface area contributed by atoms with E-state index in [1.54, 1.807) is 28.4 Å². The van der Waals surface area contributed by atoms with Crippen molar-refractivity contribution >= 4 is 28.9 Å². The summed E-state index contributed by atoms with van der Waals surface area (Å²) in [4.78, 5) is 26.6. The van der Waals surface area contributed by atoms with Gasteiger partial charge in [0.25, 0.3) is 0 Å². The number of rotatable bonds is 3. The van der Waals surface area contributed by atoms with Gasteiger partial charge in [0.2, 0.25) is 5.91 Å². The molecule has 0 radical (unpaired) electrons. The molecule has 0 atom stereocenters. The van der Waals surface area contributed by atoms with Crippen molar-refractivity contribution < 1.29 is 14.7 Å². The summed E-state index contributed by atoms with van der Waals surface area (Å²) in [6.07, 6.45) is 1.88. The van der Waals surface area contributed by atoms with Crippen molar-refractivity contribution in [1.29, 1.82) is 0 Å². The number of anilines is 1. The van der Waals surface area contributed by atoms with E-state index in [2.05, 4.69) is 0 Å². The molecule has 2 heterocycles. The molecular weight excluding hydrogens is 286 g/mol. The summed E-state index contributed by atoms with van der Waals surface area (Å²) in [5.41, 5.74) is 1.83. The summed E-state index contributed by atoms with van der Waals surface area (Å²) in [5.74, 6) is -0.902. The normalized spacial score (nSPS) is 13.8. The van der Waals surface area contributed by atoms with Gasteiger partial charge < -0.3 is 10.0 Å². The maximum atomic E-state index is 12.5. The van der Waals surface area contributed by atoms with Gasteiger partial charge in [-0.2, -0.15) is 0 Å². The Morgan fingerprint density at radius 3 is 2.81 bits per heavy atom. The lowest BCUT2D eigenvalue weighted by Crippen LogP contribution is -2.37. The molecule has 5 heteroatoms. The molecule has 108 valence electrons. The van der Waals surface area contributed by atoms with Crippen LogP contribution in [0.3, 0.4) is 0 Å². The number of hydrogen-bond acceptors (Lipinski definition) is 3. The van der Waals surface area contributed by atoms with Gasteiger partial charge in [-0.25, -0.2) is 4.79 Å². The van der Waals surface area contributed by atoms with E-state index < -0.39 is 5.97 Å². The number of fused-ring (bicyclic) bond motifs is 1. The fourth-order valence-corrected chi connectivity index (χ4v) is 3.44. The number of thiophene rings is 1. The second-order valence-electron chi connectivity index (χ2n) is 5.01. The minimum atomic E-state index is -0.931. The lowest BCUT2D eigenvalue weighted by Gasteiger charge is -2.30. The van der Waals surface area contributed by atoms with E-state index in [-0.39, 0.29) is 5.91 Å². The zero-order valence-corrected chi connectivity index (χ0v) is 12.2. The van der Waals surface area contributed by atoms with Crippen molar-refractivity contribution in [3.63, 3.8) is 0 Å². The third-order valence-corrected chi connectivity index (χ3v) is 4.56. The molecule has 0 unspecified atom stereocenters. The first-order valence-electron chi connectivity index (χ1n) is 6.85.